The average Bonchev–Trinajstić information content (AvgIpc) is 2.76. The summed E-state index contributed by atoms with van der Waals surface area (Å²) in [6.45, 7) is 3.94. The molecule has 1 unspecified atom stereocenters. The fraction of sp³-hybridized carbons (Fsp3) is 0.286. The van der Waals surface area contributed by atoms with E-state index in [1.54, 1.807) is 6.07 Å². The molecule has 2 aliphatic rings. The van der Waals surface area contributed by atoms with E-state index >= 15 is 0 Å². The molecule has 3 rings (SSSR count). The van der Waals surface area contributed by atoms with Gasteiger partial charge in [-0.1, -0.05) is 11.6 Å². The third kappa shape index (κ3) is 2.18. The van der Waals surface area contributed by atoms with Crippen LogP contribution in [0.2, 0.25) is 5.02 Å². The van der Waals surface area contributed by atoms with Gasteiger partial charge in [0.25, 0.3) is 0 Å². The van der Waals surface area contributed by atoms with Gasteiger partial charge in [0.1, 0.15) is 11.7 Å². The number of aliphatic imine (C=N–C) groups is 1. The number of allylic oxidation sites excluding steroid dienone is 1. The van der Waals surface area contributed by atoms with E-state index in [-0.39, 0.29) is 5.82 Å². The molecule has 1 N–H and O–H groups in total. The van der Waals surface area contributed by atoms with Gasteiger partial charge >= 0.3 is 0 Å². The van der Waals surface area contributed by atoms with Gasteiger partial charge in [0.2, 0.25) is 0 Å². The first-order valence-corrected chi connectivity index (χ1v) is 6.69. The maximum absolute atomic E-state index is 13.8. The molecule has 1 aromatic carbocycles. The van der Waals surface area contributed by atoms with Crippen LogP contribution in [0.1, 0.15) is 20.3 Å². The van der Waals surface area contributed by atoms with Gasteiger partial charge in [-0.2, -0.15) is 5.10 Å². The lowest BCUT2D eigenvalue weighted by molar-refractivity contribution is 0.189. The molecule has 4 nitrogen and oxygen atoms in total. The van der Waals surface area contributed by atoms with E-state index in [1.165, 1.54) is 12.1 Å². The number of fused-ring (bicyclic) bond motifs is 1. The van der Waals surface area contributed by atoms with Crippen molar-refractivity contribution >= 4 is 29.3 Å². The second-order valence-electron chi connectivity index (χ2n) is 5.06. The molecule has 0 aliphatic carbocycles. The lowest BCUT2D eigenvalue weighted by Gasteiger charge is -2.35. The number of nitrogens with one attached hydrogen (secondary N) is 1. The van der Waals surface area contributed by atoms with Crippen molar-refractivity contribution in [1.29, 1.82) is 0 Å². The van der Waals surface area contributed by atoms with Crippen molar-refractivity contribution in [2.24, 2.45) is 10.1 Å². The van der Waals surface area contributed by atoms with E-state index in [9.17, 15) is 4.39 Å². The van der Waals surface area contributed by atoms with E-state index in [0.717, 1.165) is 12.1 Å². The van der Waals surface area contributed by atoms with Crippen LogP contribution in [-0.4, -0.2) is 22.7 Å². The fourth-order valence-electron chi connectivity index (χ4n) is 2.42. The second kappa shape index (κ2) is 4.59. The summed E-state index contributed by atoms with van der Waals surface area (Å²) in [6.07, 6.45) is 4.40. The summed E-state index contributed by atoms with van der Waals surface area (Å²) < 4.78 is 13.8. The molecule has 2 aliphatic heterocycles. The molecule has 0 spiro atoms. The molecule has 104 valence electrons. The Bertz CT molecular complexity index is 653. The summed E-state index contributed by atoms with van der Waals surface area (Å²) in [6, 6.07) is 4.39. The number of hydrogen-bond donors (Lipinski definition) is 1. The molecule has 0 fully saturated rings. The third-order valence-electron chi connectivity index (χ3n) is 3.36. The van der Waals surface area contributed by atoms with Crippen molar-refractivity contribution in [3.8, 4) is 0 Å². The van der Waals surface area contributed by atoms with Crippen molar-refractivity contribution in [2.75, 3.05) is 5.32 Å². The Labute approximate surface area is 121 Å². The largest absolute Gasteiger partial charge is 0.338 e. The summed E-state index contributed by atoms with van der Waals surface area (Å²) in [5.41, 5.74) is 0.841. The Hall–Kier alpha value is -1.88. The van der Waals surface area contributed by atoms with Crippen LogP contribution in [0.3, 0.4) is 0 Å². The van der Waals surface area contributed by atoms with Crippen LogP contribution in [0.4, 0.5) is 10.1 Å². The van der Waals surface area contributed by atoms with Gasteiger partial charge in [0.05, 0.1) is 5.69 Å². The smallest absolute Gasteiger partial charge is 0.156 e. The zero-order chi connectivity index (χ0) is 14.3. The zero-order valence-electron chi connectivity index (χ0n) is 11.2. The monoisotopic (exact) mass is 292 g/mol. The highest BCUT2D eigenvalue weighted by atomic mass is 35.5. The van der Waals surface area contributed by atoms with Gasteiger partial charge in [-0.15, -0.1) is 0 Å². The Balaban J connectivity index is 1.92. The van der Waals surface area contributed by atoms with Crippen LogP contribution in [0.5, 0.6) is 0 Å². The molecular formula is C14H14ClFN4. The van der Waals surface area contributed by atoms with Crippen molar-refractivity contribution < 1.29 is 4.39 Å². The van der Waals surface area contributed by atoms with Gasteiger partial charge < -0.3 is 5.32 Å². The Morgan fingerprint density at radius 1 is 1.45 bits per heavy atom. The summed E-state index contributed by atoms with van der Waals surface area (Å²) >= 11 is 5.89. The van der Waals surface area contributed by atoms with E-state index in [2.05, 4.69) is 15.4 Å². The topological polar surface area (TPSA) is 40.0 Å². The number of halogens is 2. The van der Waals surface area contributed by atoms with Crippen molar-refractivity contribution in [3.05, 3.63) is 40.8 Å². The first kappa shape index (κ1) is 13.1. The second-order valence-corrected chi connectivity index (χ2v) is 5.50. The molecule has 0 radical (unpaired) electrons. The molecule has 6 heteroatoms. The standard InChI is InChI=1S/C14H14ClFN4/c1-9-7-13(19-14(2)5-6-17-20(9)14)18-12-8-10(15)3-4-11(12)16/h3-4,6-8H,5H2,1-2H3,(H,18,19). The van der Waals surface area contributed by atoms with Crippen molar-refractivity contribution in [2.45, 2.75) is 25.9 Å². The van der Waals surface area contributed by atoms with E-state index in [1.807, 2.05) is 31.1 Å². The summed E-state index contributed by atoms with van der Waals surface area (Å²) in [4.78, 5) is 4.61. The highest BCUT2D eigenvalue weighted by molar-refractivity contribution is 6.31. The molecule has 1 aromatic rings. The Kier molecular flexibility index (Phi) is 3.01. The number of amidine groups is 1. The maximum Gasteiger partial charge on any atom is 0.156 e. The van der Waals surface area contributed by atoms with Gasteiger partial charge in [-0.25, -0.2) is 14.4 Å². The van der Waals surface area contributed by atoms with E-state index in [4.69, 9.17) is 11.6 Å². The summed E-state index contributed by atoms with van der Waals surface area (Å²) in [5, 5.41) is 9.63. The number of nitrogens with zero attached hydrogens (tertiary/aromatic N) is 3. The first-order chi connectivity index (χ1) is 9.48. The van der Waals surface area contributed by atoms with Gasteiger partial charge in [0.15, 0.2) is 5.66 Å². The predicted octanol–water partition coefficient (Wildman–Crippen LogP) is 3.61. The number of hydrogen-bond acceptors (Lipinski definition) is 4. The number of rotatable bonds is 1. The molecule has 20 heavy (non-hydrogen) atoms. The van der Waals surface area contributed by atoms with Crippen LogP contribution in [-0.2, 0) is 0 Å². The fourth-order valence-corrected chi connectivity index (χ4v) is 2.59. The molecule has 0 saturated carbocycles. The summed E-state index contributed by atoms with van der Waals surface area (Å²) in [5.74, 6) is 0.242. The molecule has 1 atom stereocenters. The minimum atomic E-state index is -0.434. The van der Waals surface area contributed by atoms with Crippen molar-refractivity contribution in [3.63, 3.8) is 0 Å². The minimum absolute atomic E-state index is 0.316. The lowest BCUT2D eigenvalue weighted by atomic mass is 10.1. The van der Waals surface area contributed by atoms with Crippen LogP contribution >= 0.6 is 11.6 Å². The SMILES string of the molecule is CC1=CC(Nc2cc(Cl)ccc2F)=NC2(C)CC=NN12. The Morgan fingerprint density at radius 3 is 3.05 bits per heavy atom. The number of hydrazone groups is 1. The van der Waals surface area contributed by atoms with Crippen LogP contribution in [0.25, 0.3) is 0 Å². The molecule has 0 bridgehead atoms. The average molecular weight is 293 g/mol. The van der Waals surface area contributed by atoms with Crippen LogP contribution in [0, 0.1) is 5.82 Å². The van der Waals surface area contributed by atoms with Crippen molar-refractivity contribution in [1.82, 2.24) is 5.01 Å². The highest BCUT2D eigenvalue weighted by Crippen LogP contribution is 2.33. The quantitative estimate of drug-likeness (QED) is 0.859. The number of benzene rings is 1. The zero-order valence-corrected chi connectivity index (χ0v) is 11.9. The highest BCUT2D eigenvalue weighted by Gasteiger charge is 2.37. The van der Waals surface area contributed by atoms with Gasteiger partial charge in [0, 0.05) is 29.4 Å². The predicted molar refractivity (Wildman–Crippen MR) is 79.6 cm³/mol. The van der Waals surface area contributed by atoms with Crippen LogP contribution < -0.4 is 5.32 Å². The molecule has 0 saturated heterocycles. The summed E-state index contributed by atoms with van der Waals surface area (Å²) in [7, 11) is 0. The normalized spacial score (nSPS) is 24.3. The molecule has 2 heterocycles. The molecule has 0 aromatic heterocycles. The van der Waals surface area contributed by atoms with Gasteiger partial charge in [-0.3, -0.25) is 0 Å². The molecule has 0 amide bonds. The van der Waals surface area contributed by atoms with E-state index < -0.39 is 5.66 Å². The van der Waals surface area contributed by atoms with Gasteiger partial charge in [-0.05, 0) is 32.0 Å². The Morgan fingerprint density at radius 2 is 2.25 bits per heavy atom. The third-order valence-corrected chi connectivity index (χ3v) is 3.60. The first-order valence-electron chi connectivity index (χ1n) is 6.31. The van der Waals surface area contributed by atoms with Crippen LogP contribution in [0.15, 0.2) is 40.1 Å². The number of anilines is 1. The maximum atomic E-state index is 13.8. The lowest BCUT2D eigenvalue weighted by Crippen LogP contribution is -2.41. The minimum Gasteiger partial charge on any atom is -0.338 e. The van der Waals surface area contributed by atoms with E-state index in [0.29, 0.717) is 16.5 Å². The molecular weight excluding hydrogens is 279 g/mol.